The first-order chi connectivity index (χ1) is 11.3. The molecule has 25 heavy (non-hydrogen) atoms. The number of carbonyl (C=O) groups is 1. The van der Waals surface area contributed by atoms with Crippen LogP contribution < -0.4 is 0 Å². The first-order valence-corrected chi connectivity index (χ1v) is 11.1. The van der Waals surface area contributed by atoms with E-state index in [2.05, 4.69) is 5.92 Å². The van der Waals surface area contributed by atoms with Crippen LogP contribution in [0.25, 0.3) is 0 Å². The number of Topliss-reactive ketones (excluding diaryl/α,β-unsaturated/α-hetero) is 1. The highest BCUT2D eigenvalue weighted by Crippen LogP contribution is 2.37. The van der Waals surface area contributed by atoms with Crippen LogP contribution in [0.2, 0.25) is 18.1 Å². The quantitative estimate of drug-likeness (QED) is 0.407. The van der Waals surface area contributed by atoms with Crippen molar-refractivity contribution in [1.82, 2.24) is 0 Å². The van der Waals surface area contributed by atoms with E-state index in [0.717, 1.165) is 5.56 Å². The lowest BCUT2D eigenvalue weighted by Gasteiger charge is -2.38. The molecule has 0 spiro atoms. The molecular weight excluding hydrogens is 345 g/mol. The number of alkyl halides is 3. The second-order valence-electron chi connectivity index (χ2n) is 7.49. The van der Waals surface area contributed by atoms with Gasteiger partial charge in [-0.1, -0.05) is 57.0 Å². The fourth-order valence-corrected chi connectivity index (χ4v) is 3.09. The van der Waals surface area contributed by atoms with Crippen LogP contribution in [0, 0.1) is 11.8 Å². The van der Waals surface area contributed by atoms with Crippen molar-refractivity contribution in [3.8, 4) is 11.8 Å². The smallest absolute Gasteiger partial charge is 0.403 e. The molecule has 6 heteroatoms. The number of rotatable bonds is 5. The number of hydrogen-bond donors (Lipinski definition) is 0. The number of carbonyl (C=O) groups excluding carboxylic acids is 1. The standard InChI is InChI=1S/C19H25F3O2Si/c1-18(2,3)25(4,5)24-16(13-14-17(23)19(20,21)22)12-11-15-9-7-6-8-10-15/h6-10,16H,11-12H2,1-5H3. The van der Waals surface area contributed by atoms with E-state index in [4.69, 9.17) is 4.43 Å². The first kappa shape index (κ1) is 21.5. The summed E-state index contributed by atoms with van der Waals surface area (Å²) in [6.07, 6.45) is -4.58. The Morgan fingerprint density at radius 3 is 2.20 bits per heavy atom. The van der Waals surface area contributed by atoms with Crippen molar-refractivity contribution in [2.75, 3.05) is 0 Å². The third-order valence-electron chi connectivity index (χ3n) is 4.39. The molecule has 0 aliphatic carbocycles. The van der Waals surface area contributed by atoms with E-state index in [1.54, 1.807) is 5.92 Å². The summed E-state index contributed by atoms with van der Waals surface area (Å²) in [5.41, 5.74) is 1.05. The van der Waals surface area contributed by atoms with Gasteiger partial charge in [0.25, 0.3) is 0 Å². The Morgan fingerprint density at radius 2 is 1.72 bits per heavy atom. The normalized spacial score (nSPS) is 13.8. The van der Waals surface area contributed by atoms with Crippen LogP contribution in [0.3, 0.4) is 0 Å². The number of hydrogen-bond acceptors (Lipinski definition) is 2. The molecule has 0 aliphatic rings. The maximum absolute atomic E-state index is 12.4. The number of halogens is 3. The summed E-state index contributed by atoms with van der Waals surface area (Å²) in [6, 6.07) is 9.58. The van der Waals surface area contributed by atoms with E-state index in [-0.39, 0.29) is 5.04 Å². The summed E-state index contributed by atoms with van der Waals surface area (Å²) in [7, 11) is -2.22. The SMILES string of the molecule is CC(C)(C)[Si](C)(C)OC(C#CC(=O)C(F)(F)F)CCc1ccccc1. The molecule has 0 saturated carbocycles. The minimum Gasteiger partial charge on any atom is -0.403 e. The highest BCUT2D eigenvalue weighted by molar-refractivity contribution is 6.74. The Kier molecular flexibility index (Phi) is 7.04. The van der Waals surface area contributed by atoms with E-state index < -0.39 is 26.4 Å². The van der Waals surface area contributed by atoms with Crippen LogP contribution in [-0.2, 0) is 15.6 Å². The van der Waals surface area contributed by atoms with Gasteiger partial charge in [0.1, 0.15) is 6.10 Å². The minimum absolute atomic E-state index is 0.103. The maximum Gasteiger partial charge on any atom is 0.462 e. The second kappa shape index (κ2) is 8.20. The van der Waals surface area contributed by atoms with Crippen LogP contribution in [-0.4, -0.2) is 26.4 Å². The zero-order valence-corrected chi connectivity index (χ0v) is 16.3. The van der Waals surface area contributed by atoms with Crippen molar-refractivity contribution in [2.45, 2.75) is 64.0 Å². The Morgan fingerprint density at radius 1 is 1.16 bits per heavy atom. The lowest BCUT2D eigenvalue weighted by Crippen LogP contribution is -2.43. The topological polar surface area (TPSA) is 26.3 Å². The van der Waals surface area contributed by atoms with Crippen LogP contribution >= 0.6 is 0 Å². The predicted octanol–water partition coefficient (Wildman–Crippen LogP) is 5.14. The van der Waals surface area contributed by atoms with E-state index in [1.165, 1.54) is 0 Å². The highest BCUT2D eigenvalue weighted by atomic mass is 28.4. The van der Waals surface area contributed by atoms with Crippen LogP contribution in [0.1, 0.15) is 32.8 Å². The van der Waals surface area contributed by atoms with Crippen LogP contribution in [0.5, 0.6) is 0 Å². The van der Waals surface area contributed by atoms with Crippen molar-refractivity contribution in [1.29, 1.82) is 0 Å². The van der Waals surface area contributed by atoms with E-state index in [1.807, 2.05) is 64.2 Å². The third-order valence-corrected chi connectivity index (χ3v) is 8.87. The largest absolute Gasteiger partial charge is 0.462 e. The Balaban J connectivity index is 2.94. The Bertz CT molecular complexity index is 635. The van der Waals surface area contributed by atoms with Crippen molar-refractivity contribution in [3.05, 3.63) is 35.9 Å². The first-order valence-electron chi connectivity index (χ1n) is 8.17. The Hall–Kier alpha value is -1.58. The molecule has 1 aromatic rings. The molecule has 0 radical (unpaired) electrons. The van der Waals surface area contributed by atoms with Gasteiger partial charge in [0, 0.05) is 0 Å². The van der Waals surface area contributed by atoms with Gasteiger partial charge >= 0.3 is 12.0 Å². The van der Waals surface area contributed by atoms with Crippen molar-refractivity contribution < 1.29 is 22.4 Å². The number of aryl methyl sites for hydroxylation is 1. The van der Waals surface area contributed by atoms with Gasteiger partial charge < -0.3 is 4.43 Å². The van der Waals surface area contributed by atoms with Crippen molar-refractivity contribution in [2.24, 2.45) is 0 Å². The predicted molar refractivity (Wildman–Crippen MR) is 95.7 cm³/mol. The van der Waals surface area contributed by atoms with Gasteiger partial charge in [0.05, 0.1) is 0 Å². The fraction of sp³-hybridized carbons (Fsp3) is 0.526. The third kappa shape index (κ3) is 7.05. The Labute approximate surface area is 148 Å². The molecule has 1 rings (SSSR count). The van der Waals surface area contributed by atoms with Crippen molar-refractivity contribution in [3.63, 3.8) is 0 Å². The van der Waals surface area contributed by atoms with Crippen molar-refractivity contribution >= 4 is 14.1 Å². The molecule has 2 nitrogen and oxygen atoms in total. The van der Waals surface area contributed by atoms with Gasteiger partial charge in [-0.05, 0) is 42.5 Å². The van der Waals surface area contributed by atoms with Crippen LogP contribution in [0.15, 0.2) is 30.3 Å². The summed E-state index contributed by atoms with van der Waals surface area (Å²) >= 11 is 0. The average Bonchev–Trinajstić information content (AvgIpc) is 2.48. The monoisotopic (exact) mass is 370 g/mol. The molecule has 0 aromatic heterocycles. The molecule has 1 atom stereocenters. The molecule has 0 bridgehead atoms. The molecule has 0 N–H and O–H groups in total. The minimum atomic E-state index is -4.94. The van der Waals surface area contributed by atoms with E-state index >= 15 is 0 Å². The van der Waals surface area contributed by atoms with Gasteiger partial charge in [0.15, 0.2) is 8.32 Å². The van der Waals surface area contributed by atoms with E-state index in [0.29, 0.717) is 12.8 Å². The van der Waals surface area contributed by atoms with Crippen LogP contribution in [0.4, 0.5) is 13.2 Å². The summed E-state index contributed by atoms with van der Waals surface area (Å²) in [5, 5.41) is -0.103. The zero-order chi connectivity index (χ0) is 19.3. The molecule has 1 unspecified atom stereocenters. The van der Waals surface area contributed by atoms with Gasteiger partial charge in [-0.3, -0.25) is 4.79 Å². The fourth-order valence-electron chi connectivity index (χ4n) is 1.85. The lowest BCUT2D eigenvalue weighted by atomic mass is 10.1. The molecule has 0 saturated heterocycles. The van der Waals surface area contributed by atoms with Gasteiger partial charge in [-0.25, -0.2) is 0 Å². The molecule has 0 fully saturated rings. The molecular formula is C19H25F3O2Si. The van der Waals surface area contributed by atoms with Gasteiger partial charge in [0.2, 0.25) is 0 Å². The molecule has 1 aromatic carbocycles. The summed E-state index contributed by atoms with van der Waals surface area (Å²) in [4.78, 5) is 11.1. The van der Waals surface area contributed by atoms with Gasteiger partial charge in [-0.15, -0.1) is 0 Å². The maximum atomic E-state index is 12.4. The summed E-state index contributed by atoms with van der Waals surface area (Å²) < 4.78 is 43.3. The molecule has 138 valence electrons. The zero-order valence-electron chi connectivity index (χ0n) is 15.3. The summed E-state index contributed by atoms with van der Waals surface area (Å²) in [5.74, 6) is 2.10. The highest BCUT2D eigenvalue weighted by Gasteiger charge is 2.39. The van der Waals surface area contributed by atoms with Gasteiger partial charge in [-0.2, -0.15) is 13.2 Å². The molecule has 0 aliphatic heterocycles. The second-order valence-corrected chi connectivity index (χ2v) is 12.2. The molecule has 0 heterocycles. The van der Waals surface area contributed by atoms with E-state index in [9.17, 15) is 18.0 Å². The summed E-state index contributed by atoms with van der Waals surface area (Å²) in [6.45, 7) is 10.1. The number of ketones is 1. The average molecular weight is 370 g/mol. The lowest BCUT2D eigenvalue weighted by molar-refractivity contribution is -0.164. The molecule has 0 amide bonds. The number of benzene rings is 1.